The summed E-state index contributed by atoms with van der Waals surface area (Å²) < 4.78 is 0. The number of hydrogen-bond donors (Lipinski definition) is 6. The number of rotatable bonds is 4. The molecule has 0 radical (unpaired) electrons. The first-order valence-electron chi connectivity index (χ1n) is 9.14. The van der Waals surface area contributed by atoms with E-state index in [9.17, 15) is 10.2 Å². The first kappa shape index (κ1) is 19.3. The summed E-state index contributed by atoms with van der Waals surface area (Å²) in [5.41, 5.74) is 2.12. The molecule has 1 aromatic carbocycles. The van der Waals surface area contributed by atoms with Crippen molar-refractivity contribution in [1.29, 1.82) is 10.8 Å². The van der Waals surface area contributed by atoms with E-state index >= 15 is 0 Å². The summed E-state index contributed by atoms with van der Waals surface area (Å²) in [7, 11) is 0. The number of allylic oxidation sites excluding steroid dienone is 1. The topological polar surface area (TPSA) is 115 Å². The van der Waals surface area contributed by atoms with Crippen molar-refractivity contribution in [3.8, 4) is 11.5 Å². The van der Waals surface area contributed by atoms with E-state index in [0.29, 0.717) is 29.9 Å². The molecular weight excluding hydrogens is 354 g/mol. The largest absolute Gasteiger partial charge is 0.508 e. The molecule has 146 valence electrons. The van der Waals surface area contributed by atoms with Gasteiger partial charge in [-0.3, -0.25) is 15.7 Å². The van der Waals surface area contributed by atoms with E-state index < -0.39 is 0 Å². The van der Waals surface area contributed by atoms with Gasteiger partial charge in [0.05, 0.1) is 11.3 Å². The summed E-state index contributed by atoms with van der Waals surface area (Å²) in [6, 6.07) is 2.87. The maximum Gasteiger partial charge on any atom is 0.142 e. The fourth-order valence-corrected chi connectivity index (χ4v) is 3.08. The first-order valence-corrected chi connectivity index (χ1v) is 9.14. The molecule has 3 rings (SSSR count). The van der Waals surface area contributed by atoms with Crippen LogP contribution in [0.15, 0.2) is 60.1 Å². The van der Waals surface area contributed by atoms with Crippen LogP contribution in [0.1, 0.15) is 30.9 Å². The molecule has 0 amide bonds. The van der Waals surface area contributed by atoms with Gasteiger partial charge in [-0.15, -0.1) is 0 Å². The molecule has 7 heteroatoms. The normalized spacial score (nSPS) is 15.4. The van der Waals surface area contributed by atoms with E-state index in [4.69, 9.17) is 10.8 Å². The highest BCUT2D eigenvalue weighted by atomic mass is 16.3. The second-order valence-corrected chi connectivity index (χ2v) is 6.91. The highest BCUT2D eigenvalue weighted by Crippen LogP contribution is 2.33. The third-order valence-corrected chi connectivity index (χ3v) is 4.57. The van der Waals surface area contributed by atoms with Gasteiger partial charge in [-0.25, -0.2) is 0 Å². The molecule has 0 fully saturated rings. The van der Waals surface area contributed by atoms with Crippen LogP contribution >= 0.6 is 0 Å². The zero-order valence-corrected chi connectivity index (χ0v) is 16.0. The van der Waals surface area contributed by atoms with Gasteiger partial charge in [-0.1, -0.05) is 32.1 Å². The van der Waals surface area contributed by atoms with Gasteiger partial charge in [-0.2, -0.15) is 0 Å². The van der Waals surface area contributed by atoms with Crippen LogP contribution in [0.3, 0.4) is 0 Å². The van der Waals surface area contributed by atoms with Crippen LogP contribution < -0.4 is 10.6 Å². The minimum atomic E-state index is -0.204. The third-order valence-electron chi connectivity index (χ3n) is 4.57. The summed E-state index contributed by atoms with van der Waals surface area (Å²) in [5, 5.41) is 44.2. The fraction of sp³-hybridized carbons (Fsp3) is 0.238. The van der Waals surface area contributed by atoms with Crippen LogP contribution in [-0.2, 0) is 0 Å². The number of phenolic OH excluding ortho intramolecular Hbond substituents is 2. The predicted molar refractivity (Wildman–Crippen MR) is 111 cm³/mol. The molecule has 2 aliphatic rings. The van der Waals surface area contributed by atoms with E-state index in [0.717, 1.165) is 0 Å². The number of phenols is 2. The molecule has 0 bridgehead atoms. The van der Waals surface area contributed by atoms with E-state index in [1.54, 1.807) is 18.5 Å². The van der Waals surface area contributed by atoms with Crippen molar-refractivity contribution in [2.24, 2.45) is 0 Å². The molecule has 2 aliphatic heterocycles. The lowest BCUT2D eigenvalue weighted by molar-refractivity contribution is 0.442. The molecule has 1 aromatic rings. The summed E-state index contributed by atoms with van der Waals surface area (Å²) >= 11 is 0. The maximum absolute atomic E-state index is 10.4. The maximum atomic E-state index is 10.4. The molecule has 0 saturated carbocycles. The summed E-state index contributed by atoms with van der Waals surface area (Å²) in [6.45, 7) is 5.22. The Kier molecular flexibility index (Phi) is 5.54. The monoisotopic (exact) mass is 379 g/mol. The van der Waals surface area contributed by atoms with Crippen molar-refractivity contribution >= 4 is 11.7 Å². The summed E-state index contributed by atoms with van der Waals surface area (Å²) in [4.78, 5) is 1.46. The van der Waals surface area contributed by atoms with E-state index in [1.165, 1.54) is 11.0 Å². The Morgan fingerprint density at radius 1 is 0.964 bits per heavy atom. The highest BCUT2D eigenvalue weighted by Gasteiger charge is 2.26. The smallest absolute Gasteiger partial charge is 0.142 e. The number of aromatic hydroxyl groups is 2. The molecule has 28 heavy (non-hydrogen) atoms. The average molecular weight is 379 g/mol. The Morgan fingerprint density at radius 3 is 2.21 bits per heavy atom. The van der Waals surface area contributed by atoms with Crippen molar-refractivity contribution in [1.82, 2.24) is 15.5 Å². The van der Waals surface area contributed by atoms with Gasteiger partial charge >= 0.3 is 0 Å². The van der Waals surface area contributed by atoms with Crippen molar-refractivity contribution in [2.75, 3.05) is 13.1 Å². The third kappa shape index (κ3) is 3.78. The summed E-state index contributed by atoms with van der Waals surface area (Å²) in [6.07, 6.45) is 11.0. The minimum Gasteiger partial charge on any atom is -0.508 e. The second kappa shape index (κ2) is 8.04. The minimum absolute atomic E-state index is 0.00811. The number of nitrogens with one attached hydrogen (secondary N) is 4. The standard InChI is InChI=1S/C21H25N5O2/c1-13(2)16-9-17(19(28)10-18(16)27)21(23)26(15-6-4-8-25-12-15)20(22)14-5-3-7-24-11-14/h3-6,9-13,22-25,27-28H,7-8H2,1-2H3. The molecule has 0 aromatic heterocycles. The second-order valence-electron chi connectivity index (χ2n) is 6.91. The van der Waals surface area contributed by atoms with Gasteiger partial charge in [0.2, 0.25) is 0 Å². The zero-order chi connectivity index (χ0) is 20.3. The average Bonchev–Trinajstić information content (AvgIpc) is 2.69. The predicted octanol–water partition coefficient (Wildman–Crippen LogP) is 2.87. The van der Waals surface area contributed by atoms with Crippen molar-refractivity contribution in [3.05, 3.63) is 71.2 Å². The lowest BCUT2D eigenvalue weighted by Gasteiger charge is -2.29. The van der Waals surface area contributed by atoms with Gasteiger partial charge < -0.3 is 20.8 Å². The zero-order valence-electron chi connectivity index (χ0n) is 16.0. The fourth-order valence-electron chi connectivity index (χ4n) is 3.08. The van der Waals surface area contributed by atoms with Gasteiger partial charge in [0.15, 0.2) is 0 Å². The van der Waals surface area contributed by atoms with Crippen LogP contribution in [0, 0.1) is 10.8 Å². The van der Waals surface area contributed by atoms with Crippen molar-refractivity contribution in [2.45, 2.75) is 19.8 Å². The van der Waals surface area contributed by atoms with Crippen molar-refractivity contribution in [3.63, 3.8) is 0 Å². The Labute approximate surface area is 164 Å². The number of nitrogens with zero attached hydrogens (tertiary/aromatic N) is 1. The Morgan fingerprint density at radius 2 is 1.64 bits per heavy atom. The molecule has 0 saturated heterocycles. The Hall–Kier alpha value is -3.48. The molecule has 2 heterocycles. The molecular formula is C21H25N5O2. The lowest BCUT2D eigenvalue weighted by atomic mass is 9.97. The van der Waals surface area contributed by atoms with E-state index in [-0.39, 0.29) is 34.7 Å². The molecule has 0 spiro atoms. The van der Waals surface area contributed by atoms with E-state index in [1.807, 2.05) is 38.2 Å². The van der Waals surface area contributed by atoms with E-state index in [2.05, 4.69) is 10.6 Å². The van der Waals surface area contributed by atoms with Gasteiger partial charge in [0.1, 0.15) is 23.2 Å². The first-order chi connectivity index (χ1) is 13.4. The van der Waals surface area contributed by atoms with Crippen LogP contribution in [0.4, 0.5) is 0 Å². The van der Waals surface area contributed by atoms with Crippen LogP contribution in [0.2, 0.25) is 0 Å². The molecule has 7 nitrogen and oxygen atoms in total. The quantitative estimate of drug-likeness (QED) is 0.355. The van der Waals surface area contributed by atoms with Crippen molar-refractivity contribution < 1.29 is 10.2 Å². The number of amidine groups is 2. The van der Waals surface area contributed by atoms with Gasteiger partial charge in [0, 0.05) is 37.1 Å². The summed E-state index contributed by atoms with van der Waals surface area (Å²) in [5.74, 6) is -0.144. The number of dihydropyridines is 2. The molecule has 6 N–H and O–H groups in total. The highest BCUT2D eigenvalue weighted by molar-refractivity contribution is 6.15. The van der Waals surface area contributed by atoms with Crippen LogP contribution in [-0.4, -0.2) is 39.9 Å². The number of hydrogen-bond acceptors (Lipinski definition) is 6. The molecule has 0 unspecified atom stereocenters. The number of benzene rings is 1. The lowest BCUT2D eigenvalue weighted by Crippen LogP contribution is -2.38. The molecule has 0 atom stereocenters. The molecule has 0 aliphatic carbocycles. The van der Waals surface area contributed by atoms with Gasteiger partial charge in [-0.05, 0) is 23.6 Å². The SMILES string of the molecule is CC(C)c1cc(C(=N)N(C(=N)C2=CNCC=C2)C2=CNCC=C2)c(O)cc1O. The Balaban J connectivity index is 2.07. The van der Waals surface area contributed by atoms with Crippen LogP contribution in [0.25, 0.3) is 0 Å². The Bertz CT molecular complexity index is 925. The van der Waals surface area contributed by atoms with Gasteiger partial charge in [0.25, 0.3) is 0 Å². The van der Waals surface area contributed by atoms with Crippen LogP contribution in [0.5, 0.6) is 11.5 Å².